The average molecular weight is 247 g/mol. The molecule has 1 aliphatic rings. The Morgan fingerprint density at radius 3 is 2.33 bits per heavy atom. The minimum Gasteiger partial charge on any atom is -0.313 e. The molecule has 0 amide bonds. The largest absolute Gasteiger partial charge is 0.313 e. The van der Waals surface area contributed by atoms with Crippen molar-refractivity contribution in [2.24, 2.45) is 0 Å². The lowest BCUT2D eigenvalue weighted by Crippen LogP contribution is -2.43. The zero-order valence-corrected chi connectivity index (χ0v) is 12.0. The molecule has 0 aromatic rings. The van der Waals surface area contributed by atoms with Crippen molar-refractivity contribution < 1.29 is 0 Å². The molecule has 90 valence electrons. The highest BCUT2D eigenvalue weighted by atomic mass is 32.2. The summed E-state index contributed by atoms with van der Waals surface area (Å²) in [6, 6.07) is 0.788. The van der Waals surface area contributed by atoms with Gasteiger partial charge in [0.25, 0.3) is 0 Å². The molecule has 15 heavy (non-hydrogen) atoms. The minimum absolute atomic E-state index is 0.477. The van der Waals surface area contributed by atoms with Gasteiger partial charge < -0.3 is 5.32 Å². The summed E-state index contributed by atoms with van der Waals surface area (Å²) in [4.78, 5) is 0. The standard InChI is InChI=1S/C12H25NS2/c1-4-12(5-2,14-3)10-13-11-6-8-15-9-7-11/h11,13H,4-10H2,1-3H3. The van der Waals surface area contributed by atoms with Crippen LogP contribution in [0.1, 0.15) is 39.5 Å². The van der Waals surface area contributed by atoms with Crippen LogP contribution in [0.25, 0.3) is 0 Å². The Hall–Kier alpha value is 0.660. The van der Waals surface area contributed by atoms with E-state index in [1.54, 1.807) is 0 Å². The molecule has 1 fully saturated rings. The van der Waals surface area contributed by atoms with Gasteiger partial charge in [-0.05, 0) is 43.4 Å². The second kappa shape index (κ2) is 7.08. The zero-order valence-electron chi connectivity index (χ0n) is 10.3. The van der Waals surface area contributed by atoms with E-state index in [0.29, 0.717) is 4.75 Å². The molecule has 0 aliphatic carbocycles. The Morgan fingerprint density at radius 1 is 1.27 bits per heavy atom. The summed E-state index contributed by atoms with van der Waals surface area (Å²) in [6.45, 7) is 5.83. The molecule has 0 radical (unpaired) electrons. The van der Waals surface area contributed by atoms with E-state index in [-0.39, 0.29) is 0 Å². The van der Waals surface area contributed by atoms with Crippen LogP contribution in [0.15, 0.2) is 0 Å². The molecule has 1 rings (SSSR count). The maximum Gasteiger partial charge on any atom is 0.0276 e. The van der Waals surface area contributed by atoms with E-state index in [2.05, 4.69) is 37.2 Å². The van der Waals surface area contributed by atoms with E-state index in [1.807, 2.05) is 11.8 Å². The monoisotopic (exact) mass is 247 g/mol. The van der Waals surface area contributed by atoms with Gasteiger partial charge in [-0.2, -0.15) is 23.5 Å². The molecule has 0 bridgehead atoms. The van der Waals surface area contributed by atoms with E-state index >= 15 is 0 Å². The van der Waals surface area contributed by atoms with Crippen LogP contribution in [-0.4, -0.2) is 35.1 Å². The van der Waals surface area contributed by atoms with Crippen LogP contribution < -0.4 is 5.32 Å². The first-order valence-electron chi connectivity index (χ1n) is 6.12. The average Bonchev–Trinajstić information content (AvgIpc) is 2.33. The summed E-state index contributed by atoms with van der Waals surface area (Å²) < 4.78 is 0.477. The van der Waals surface area contributed by atoms with E-state index in [0.717, 1.165) is 6.04 Å². The van der Waals surface area contributed by atoms with E-state index < -0.39 is 0 Å². The molecule has 1 heterocycles. The first-order chi connectivity index (χ1) is 7.26. The Balaban J connectivity index is 2.31. The Morgan fingerprint density at radius 2 is 1.87 bits per heavy atom. The van der Waals surface area contributed by atoms with Crippen molar-refractivity contribution in [1.82, 2.24) is 5.32 Å². The highest BCUT2D eigenvalue weighted by molar-refractivity contribution is 8.00. The van der Waals surface area contributed by atoms with Crippen LogP contribution in [-0.2, 0) is 0 Å². The molecule has 3 heteroatoms. The van der Waals surface area contributed by atoms with Gasteiger partial charge in [-0.3, -0.25) is 0 Å². The van der Waals surface area contributed by atoms with Crippen molar-refractivity contribution in [1.29, 1.82) is 0 Å². The van der Waals surface area contributed by atoms with Gasteiger partial charge in [-0.15, -0.1) is 0 Å². The molecule has 1 nitrogen and oxygen atoms in total. The second-order valence-electron chi connectivity index (χ2n) is 4.36. The lowest BCUT2D eigenvalue weighted by Gasteiger charge is -2.33. The van der Waals surface area contributed by atoms with Crippen molar-refractivity contribution in [2.45, 2.75) is 50.3 Å². The predicted octanol–water partition coefficient (Wildman–Crippen LogP) is 3.39. The molecule has 0 aromatic heterocycles. The highest BCUT2D eigenvalue weighted by Crippen LogP contribution is 2.30. The van der Waals surface area contributed by atoms with Crippen LogP contribution in [0.2, 0.25) is 0 Å². The van der Waals surface area contributed by atoms with Crippen LogP contribution in [0, 0.1) is 0 Å². The fourth-order valence-corrected chi connectivity index (χ4v) is 4.00. The molecule has 1 aliphatic heterocycles. The summed E-state index contributed by atoms with van der Waals surface area (Å²) >= 11 is 4.14. The van der Waals surface area contributed by atoms with Crippen molar-refractivity contribution in [3.63, 3.8) is 0 Å². The predicted molar refractivity (Wildman–Crippen MR) is 75.2 cm³/mol. The third-order valence-electron chi connectivity index (χ3n) is 3.66. The summed E-state index contributed by atoms with van der Waals surface area (Å²) in [5, 5.41) is 3.78. The van der Waals surface area contributed by atoms with Gasteiger partial charge in [0.15, 0.2) is 0 Å². The maximum absolute atomic E-state index is 3.78. The molecule has 1 saturated heterocycles. The molecule has 0 spiro atoms. The number of nitrogens with one attached hydrogen (secondary N) is 1. The lowest BCUT2D eigenvalue weighted by atomic mass is 10.0. The van der Waals surface area contributed by atoms with Crippen molar-refractivity contribution >= 4 is 23.5 Å². The maximum atomic E-state index is 3.78. The third kappa shape index (κ3) is 4.20. The van der Waals surface area contributed by atoms with Crippen LogP contribution in [0.4, 0.5) is 0 Å². The summed E-state index contributed by atoms with van der Waals surface area (Å²) in [7, 11) is 0. The van der Waals surface area contributed by atoms with Gasteiger partial charge in [0.1, 0.15) is 0 Å². The SMILES string of the molecule is CCC(CC)(CNC1CCSCC1)SC. The number of hydrogen-bond donors (Lipinski definition) is 1. The highest BCUT2D eigenvalue weighted by Gasteiger charge is 2.26. The summed E-state index contributed by atoms with van der Waals surface area (Å²) in [5.41, 5.74) is 0. The summed E-state index contributed by atoms with van der Waals surface area (Å²) in [5.74, 6) is 2.70. The van der Waals surface area contributed by atoms with Crippen LogP contribution in [0.5, 0.6) is 0 Å². The van der Waals surface area contributed by atoms with Gasteiger partial charge in [-0.1, -0.05) is 13.8 Å². The number of thioether (sulfide) groups is 2. The first-order valence-corrected chi connectivity index (χ1v) is 8.50. The van der Waals surface area contributed by atoms with E-state index in [1.165, 1.54) is 43.7 Å². The number of hydrogen-bond acceptors (Lipinski definition) is 3. The third-order valence-corrected chi connectivity index (χ3v) is 6.29. The van der Waals surface area contributed by atoms with Gasteiger partial charge in [-0.25, -0.2) is 0 Å². The van der Waals surface area contributed by atoms with Crippen LogP contribution in [0.3, 0.4) is 0 Å². The second-order valence-corrected chi connectivity index (χ2v) is 6.86. The fourth-order valence-electron chi connectivity index (χ4n) is 2.09. The first kappa shape index (κ1) is 13.7. The number of rotatable bonds is 6. The Labute approximate surface area is 104 Å². The van der Waals surface area contributed by atoms with Crippen LogP contribution >= 0.6 is 23.5 Å². The molecule has 0 aromatic carbocycles. The Bertz CT molecular complexity index is 155. The van der Waals surface area contributed by atoms with Gasteiger partial charge in [0.05, 0.1) is 0 Å². The zero-order chi connectivity index (χ0) is 11.1. The van der Waals surface area contributed by atoms with Crippen molar-refractivity contribution in [3.05, 3.63) is 0 Å². The van der Waals surface area contributed by atoms with Crippen molar-refractivity contribution in [3.8, 4) is 0 Å². The molecule has 0 atom stereocenters. The molecule has 0 unspecified atom stereocenters. The quantitative estimate of drug-likeness (QED) is 0.773. The molecular formula is C12H25NS2. The molecule has 1 N–H and O–H groups in total. The lowest BCUT2D eigenvalue weighted by molar-refractivity contribution is 0.421. The summed E-state index contributed by atoms with van der Waals surface area (Å²) in [6.07, 6.45) is 7.54. The smallest absolute Gasteiger partial charge is 0.0276 e. The fraction of sp³-hybridized carbons (Fsp3) is 1.00. The topological polar surface area (TPSA) is 12.0 Å². The molecule has 0 saturated carbocycles. The minimum atomic E-state index is 0.477. The van der Waals surface area contributed by atoms with Gasteiger partial charge in [0, 0.05) is 17.3 Å². The van der Waals surface area contributed by atoms with Gasteiger partial charge in [0.2, 0.25) is 0 Å². The van der Waals surface area contributed by atoms with Gasteiger partial charge >= 0.3 is 0 Å². The Kier molecular flexibility index (Phi) is 6.48. The van der Waals surface area contributed by atoms with E-state index in [4.69, 9.17) is 0 Å². The normalized spacial score (nSPS) is 19.4. The van der Waals surface area contributed by atoms with E-state index in [9.17, 15) is 0 Å². The molecular weight excluding hydrogens is 222 g/mol. The van der Waals surface area contributed by atoms with Crippen molar-refractivity contribution in [2.75, 3.05) is 24.3 Å².